The fraction of sp³-hybridized carbons (Fsp3) is 0.941. The molecule has 20 heavy (non-hydrogen) atoms. The minimum absolute atomic E-state index is 0.481. The van der Waals surface area contributed by atoms with Crippen LogP contribution < -0.4 is 0 Å². The molecule has 0 N–H and O–H groups in total. The van der Waals surface area contributed by atoms with Crippen molar-refractivity contribution in [1.29, 1.82) is 0 Å². The predicted octanol–water partition coefficient (Wildman–Crippen LogP) is 4.35. The Morgan fingerprint density at radius 2 is 2.05 bits per heavy atom. The van der Waals surface area contributed by atoms with Crippen LogP contribution in [0.1, 0.15) is 58.3 Å². The van der Waals surface area contributed by atoms with E-state index in [1.54, 1.807) is 0 Å². The second-order valence-electron chi connectivity index (χ2n) is 8.10. The van der Waals surface area contributed by atoms with Crippen molar-refractivity contribution in [1.82, 2.24) is 0 Å². The summed E-state index contributed by atoms with van der Waals surface area (Å²) in [6.07, 6.45) is 9.95. The molecule has 0 aromatic rings. The van der Waals surface area contributed by atoms with E-state index in [0.29, 0.717) is 20.7 Å². The van der Waals surface area contributed by atoms with Crippen LogP contribution in [0.2, 0.25) is 0 Å². The van der Waals surface area contributed by atoms with Crippen LogP contribution in [-0.4, -0.2) is 13.8 Å². The molecule has 2 saturated heterocycles. The average molecular weight is 388 g/mol. The maximum atomic E-state index is 11.8. The SMILES string of the molecule is C[C@]12CCC(=O)CC1CCC1C2CC[C@]23OI2CCC13. The molecular formula is C17H25IO2. The Morgan fingerprint density at radius 3 is 2.90 bits per heavy atom. The van der Waals surface area contributed by atoms with E-state index in [2.05, 4.69) is 6.92 Å². The first-order chi connectivity index (χ1) is 9.63. The molecule has 2 aliphatic heterocycles. The number of Topliss-reactive ketones (excluding diaryl/α,β-unsaturated/α-hetero) is 1. The number of ketones is 1. The molecule has 112 valence electrons. The molecule has 0 amide bonds. The molecule has 1 spiro atoms. The predicted molar refractivity (Wildman–Crippen MR) is 86.7 cm³/mol. The topological polar surface area (TPSA) is 29.6 Å². The average Bonchev–Trinajstić information content (AvgIpc) is 3.01. The van der Waals surface area contributed by atoms with Crippen LogP contribution in [0.3, 0.4) is 0 Å². The van der Waals surface area contributed by atoms with Gasteiger partial charge in [0.1, 0.15) is 0 Å². The van der Waals surface area contributed by atoms with Gasteiger partial charge in [0, 0.05) is 0 Å². The molecule has 0 radical (unpaired) electrons. The summed E-state index contributed by atoms with van der Waals surface area (Å²) in [6, 6.07) is 0. The Kier molecular flexibility index (Phi) is 2.58. The second kappa shape index (κ2) is 4.01. The molecular weight excluding hydrogens is 363 g/mol. The minimum atomic E-state index is -0.909. The van der Waals surface area contributed by atoms with E-state index in [1.807, 2.05) is 0 Å². The molecule has 0 bridgehead atoms. The molecule has 2 heterocycles. The van der Waals surface area contributed by atoms with Gasteiger partial charge in [0.15, 0.2) is 0 Å². The third kappa shape index (κ3) is 1.47. The van der Waals surface area contributed by atoms with E-state index in [1.165, 1.54) is 43.0 Å². The molecule has 6 atom stereocenters. The van der Waals surface area contributed by atoms with E-state index >= 15 is 0 Å². The zero-order valence-electron chi connectivity index (χ0n) is 12.4. The number of carbonyl (C=O) groups excluding carboxylic acids is 1. The monoisotopic (exact) mass is 388 g/mol. The van der Waals surface area contributed by atoms with Gasteiger partial charge in [-0.2, -0.15) is 0 Å². The molecule has 5 rings (SSSR count). The molecule has 0 aromatic heterocycles. The Balaban J connectivity index is 1.47. The maximum absolute atomic E-state index is 11.8. The number of hydrogen-bond acceptors (Lipinski definition) is 2. The van der Waals surface area contributed by atoms with E-state index in [9.17, 15) is 4.79 Å². The summed E-state index contributed by atoms with van der Waals surface area (Å²) in [4.78, 5) is 11.8. The van der Waals surface area contributed by atoms with Gasteiger partial charge in [-0.1, -0.05) is 0 Å². The van der Waals surface area contributed by atoms with Crippen LogP contribution >= 0.6 is 20.2 Å². The van der Waals surface area contributed by atoms with Crippen molar-refractivity contribution < 1.29 is 7.86 Å². The van der Waals surface area contributed by atoms with Gasteiger partial charge in [-0.05, 0) is 0 Å². The Hall–Kier alpha value is 0.360. The fourth-order valence-electron chi connectivity index (χ4n) is 6.45. The van der Waals surface area contributed by atoms with E-state index in [4.69, 9.17) is 3.07 Å². The molecule has 2 nitrogen and oxygen atoms in total. The summed E-state index contributed by atoms with van der Waals surface area (Å²) in [5, 5.41) is 0. The number of fused-ring (bicyclic) bond motifs is 4. The van der Waals surface area contributed by atoms with Gasteiger partial charge in [-0.25, -0.2) is 0 Å². The van der Waals surface area contributed by atoms with Gasteiger partial charge >= 0.3 is 129 Å². The second-order valence-corrected chi connectivity index (χ2v) is 13.3. The quantitative estimate of drug-likeness (QED) is 0.351. The van der Waals surface area contributed by atoms with Crippen molar-refractivity contribution in [3.63, 3.8) is 0 Å². The molecule has 5 fully saturated rings. The van der Waals surface area contributed by atoms with Crippen molar-refractivity contribution in [2.45, 2.75) is 61.9 Å². The van der Waals surface area contributed by atoms with Gasteiger partial charge in [0.25, 0.3) is 0 Å². The number of carbonyl (C=O) groups is 1. The van der Waals surface area contributed by atoms with Crippen molar-refractivity contribution in [2.24, 2.45) is 29.1 Å². The first-order valence-electron chi connectivity index (χ1n) is 8.51. The Morgan fingerprint density at radius 1 is 1.15 bits per heavy atom. The number of alkyl halides is 2. The Labute approximate surface area is 129 Å². The molecule has 3 saturated carbocycles. The summed E-state index contributed by atoms with van der Waals surface area (Å²) < 4.78 is 8.26. The van der Waals surface area contributed by atoms with Gasteiger partial charge in [0.2, 0.25) is 0 Å². The molecule has 0 aromatic carbocycles. The van der Waals surface area contributed by atoms with Gasteiger partial charge in [0.05, 0.1) is 0 Å². The summed E-state index contributed by atoms with van der Waals surface area (Å²) in [5.74, 6) is 4.03. The van der Waals surface area contributed by atoms with E-state index in [0.717, 1.165) is 30.6 Å². The van der Waals surface area contributed by atoms with Crippen molar-refractivity contribution in [2.75, 3.05) is 4.43 Å². The first kappa shape index (κ1) is 12.9. The van der Waals surface area contributed by atoms with Crippen LogP contribution in [0.15, 0.2) is 0 Å². The number of hydrogen-bond donors (Lipinski definition) is 0. The van der Waals surface area contributed by atoms with Crippen molar-refractivity contribution >= 4 is 26.0 Å². The first-order valence-corrected chi connectivity index (χ1v) is 12.0. The van der Waals surface area contributed by atoms with Crippen molar-refractivity contribution in [3.05, 3.63) is 0 Å². The summed E-state index contributed by atoms with van der Waals surface area (Å²) in [7, 11) is 0. The zero-order valence-corrected chi connectivity index (χ0v) is 14.5. The van der Waals surface area contributed by atoms with Gasteiger partial charge in [-0.15, -0.1) is 0 Å². The molecule has 3 heteroatoms. The van der Waals surface area contributed by atoms with Gasteiger partial charge < -0.3 is 0 Å². The van der Waals surface area contributed by atoms with E-state index < -0.39 is 20.2 Å². The normalized spacial score (nSPS) is 58.5. The van der Waals surface area contributed by atoms with Crippen LogP contribution in [-0.2, 0) is 7.86 Å². The van der Waals surface area contributed by atoms with Gasteiger partial charge in [-0.3, -0.25) is 0 Å². The zero-order chi connectivity index (χ0) is 13.5. The fourth-order valence-corrected chi connectivity index (χ4v) is 13.5. The van der Waals surface area contributed by atoms with Crippen LogP contribution in [0, 0.1) is 29.1 Å². The Bertz CT molecular complexity index is 478. The van der Waals surface area contributed by atoms with E-state index in [-0.39, 0.29) is 0 Å². The molecule has 3 aliphatic carbocycles. The van der Waals surface area contributed by atoms with Crippen LogP contribution in [0.4, 0.5) is 0 Å². The third-order valence-corrected chi connectivity index (χ3v) is 13.7. The summed E-state index contributed by atoms with van der Waals surface area (Å²) in [6.45, 7) is 2.54. The molecule has 5 aliphatic rings. The molecule has 4 unspecified atom stereocenters. The standard InChI is InChI=1S/C17H25IO2/c1-16-7-4-12(19)10-11(16)2-3-13-14(16)5-8-17-15(13)6-9-18(17)20-17/h11,13-15H,2-10H2,1H3/t11?,13?,14?,15?,16-,17+/m0/s1. The number of halogens is 1. The third-order valence-electron chi connectivity index (χ3n) is 7.58. The summed E-state index contributed by atoms with van der Waals surface area (Å²) in [5.41, 5.74) is 0.481. The summed E-state index contributed by atoms with van der Waals surface area (Å²) >= 11 is -0.909. The van der Waals surface area contributed by atoms with Crippen molar-refractivity contribution in [3.8, 4) is 0 Å². The number of rotatable bonds is 0. The van der Waals surface area contributed by atoms with Crippen LogP contribution in [0.25, 0.3) is 0 Å². The van der Waals surface area contributed by atoms with Crippen LogP contribution in [0.5, 0.6) is 0 Å².